The molecule has 0 unspecified atom stereocenters. The highest BCUT2D eigenvalue weighted by Gasteiger charge is 2.34. The maximum atomic E-state index is 12.7. The Morgan fingerprint density at radius 1 is 1.19 bits per heavy atom. The fourth-order valence-electron chi connectivity index (χ4n) is 4.65. The Hall–Kier alpha value is -3.40. The molecule has 3 rings (SSSR count). The Kier molecular flexibility index (Phi) is 9.08. The van der Waals surface area contributed by atoms with E-state index in [0.717, 1.165) is 56.2 Å². The van der Waals surface area contributed by atoms with Gasteiger partial charge in [0.15, 0.2) is 16.9 Å². The van der Waals surface area contributed by atoms with Crippen molar-refractivity contribution in [3.8, 4) is 22.8 Å². The summed E-state index contributed by atoms with van der Waals surface area (Å²) in [6.45, 7) is 7.55. The number of rotatable bonds is 12. The van der Waals surface area contributed by atoms with Gasteiger partial charge in [0.25, 0.3) is 0 Å². The molecule has 1 atom stereocenters. The molecule has 0 aliphatic carbocycles. The van der Waals surface area contributed by atoms with Crippen molar-refractivity contribution in [2.75, 3.05) is 13.2 Å². The first kappa shape index (κ1) is 27.2. The van der Waals surface area contributed by atoms with E-state index in [9.17, 15) is 14.7 Å². The highest BCUT2D eigenvalue weighted by Crippen LogP contribution is 2.45. The zero-order valence-electron chi connectivity index (χ0n) is 21.3. The van der Waals surface area contributed by atoms with Gasteiger partial charge in [-0.05, 0) is 42.4 Å². The van der Waals surface area contributed by atoms with Crippen molar-refractivity contribution in [1.29, 1.82) is 5.53 Å². The number of ether oxygens (including phenoxy) is 1. The molecule has 0 radical (unpaired) electrons. The number of carbonyl (C=O) groups excluding carboxylic acids is 1. The maximum absolute atomic E-state index is 12.7. The van der Waals surface area contributed by atoms with Crippen molar-refractivity contribution in [2.24, 2.45) is 16.5 Å². The molecule has 1 aliphatic rings. The van der Waals surface area contributed by atoms with Crippen LogP contribution in [0.2, 0.25) is 0 Å². The third kappa shape index (κ3) is 6.42. The molecule has 196 valence electrons. The second-order valence-electron chi connectivity index (χ2n) is 10.3. The predicted octanol–water partition coefficient (Wildman–Crippen LogP) is 4.65. The molecule has 36 heavy (non-hydrogen) atoms. The van der Waals surface area contributed by atoms with E-state index in [1.807, 2.05) is 10.6 Å². The van der Waals surface area contributed by atoms with Gasteiger partial charge in [-0.25, -0.2) is 4.79 Å². The fraction of sp³-hybridized carbons (Fsp3) is 0.538. The largest absolute Gasteiger partial charge is 0.504 e. The minimum Gasteiger partial charge on any atom is -0.504 e. The summed E-state index contributed by atoms with van der Waals surface area (Å²) in [4.78, 5) is 29.0. The van der Waals surface area contributed by atoms with E-state index < -0.39 is 11.4 Å². The lowest BCUT2D eigenvalue weighted by Crippen LogP contribution is -2.33. The molecular weight excluding hydrogens is 462 g/mol. The van der Waals surface area contributed by atoms with Gasteiger partial charge in [-0.1, -0.05) is 51.7 Å². The lowest BCUT2D eigenvalue weighted by atomic mass is 9.78. The van der Waals surface area contributed by atoms with E-state index in [0.29, 0.717) is 24.5 Å². The summed E-state index contributed by atoms with van der Waals surface area (Å²) in [6.07, 6.45) is 8.42. The van der Waals surface area contributed by atoms with Gasteiger partial charge in [0.2, 0.25) is 0 Å². The Bertz CT molecular complexity index is 1140. The molecule has 5 N–H and O–H groups in total. The number of aromatic nitrogens is 1. The van der Waals surface area contributed by atoms with Gasteiger partial charge in [-0.2, -0.15) is 11.4 Å². The smallest absolute Gasteiger partial charge is 0.362 e. The number of aromatic hydroxyl groups is 1. The Labute approximate surface area is 211 Å². The summed E-state index contributed by atoms with van der Waals surface area (Å²) in [5.74, 6) is 4.60. The number of phenols is 1. The van der Waals surface area contributed by atoms with Crippen LogP contribution in [0.25, 0.3) is 11.3 Å². The number of hydrogen-bond acceptors (Lipinski definition) is 8. The van der Waals surface area contributed by atoms with E-state index in [4.69, 9.17) is 16.2 Å². The number of hydrogen-bond donors (Lipinski definition) is 4. The van der Waals surface area contributed by atoms with Crippen LogP contribution in [0.3, 0.4) is 0 Å². The third-order valence-corrected chi connectivity index (χ3v) is 6.64. The number of pyridine rings is 1. The van der Waals surface area contributed by atoms with Crippen LogP contribution >= 0.6 is 0 Å². The molecule has 10 nitrogen and oxygen atoms in total. The Morgan fingerprint density at radius 3 is 2.56 bits per heavy atom. The Morgan fingerprint density at radius 2 is 1.89 bits per heavy atom. The molecule has 0 saturated heterocycles. The standard InChI is InChI=1S/C26H37N5O5/c1-26(2,3)24-13-17-12-23(35-11-9-7-5-4-6-8-10-29-30-27)22(33)14-18(17)20-15-21(32)19(16-31(20)24)25(34)36-28/h12,14-16,24,33H,4-11,13,28H2,1-3H3,(H2,27,29)/t24-/m1/s1. The third-order valence-electron chi connectivity index (χ3n) is 6.64. The van der Waals surface area contributed by atoms with Gasteiger partial charge in [-0.3, -0.25) is 10.2 Å². The van der Waals surface area contributed by atoms with Crippen molar-refractivity contribution in [3.63, 3.8) is 0 Å². The molecule has 0 spiro atoms. The molecule has 1 aromatic carbocycles. The minimum absolute atomic E-state index is 0.0136. The van der Waals surface area contributed by atoms with Crippen molar-refractivity contribution >= 4 is 5.97 Å². The van der Waals surface area contributed by atoms with Gasteiger partial charge >= 0.3 is 5.97 Å². The van der Waals surface area contributed by atoms with Gasteiger partial charge in [0, 0.05) is 30.4 Å². The van der Waals surface area contributed by atoms with Crippen molar-refractivity contribution < 1.29 is 19.5 Å². The summed E-state index contributed by atoms with van der Waals surface area (Å²) in [7, 11) is 0. The van der Waals surface area contributed by atoms with Crippen LogP contribution < -0.4 is 21.5 Å². The monoisotopic (exact) mass is 499 g/mol. The zero-order valence-corrected chi connectivity index (χ0v) is 21.3. The summed E-state index contributed by atoms with van der Waals surface area (Å²) in [6, 6.07) is 4.85. The van der Waals surface area contributed by atoms with Crippen molar-refractivity contribution in [2.45, 2.75) is 71.8 Å². The average molecular weight is 500 g/mol. The number of unbranched alkanes of at least 4 members (excludes halogenated alkanes) is 5. The van der Waals surface area contributed by atoms with Crippen LogP contribution in [-0.4, -0.2) is 28.8 Å². The quantitative estimate of drug-likeness (QED) is 0.188. The van der Waals surface area contributed by atoms with Crippen molar-refractivity contribution in [1.82, 2.24) is 9.99 Å². The van der Waals surface area contributed by atoms with Crippen LogP contribution in [0.15, 0.2) is 34.4 Å². The number of nitrogens with two attached hydrogens (primary N) is 1. The SMILES string of the molecule is CC(C)(C)[C@H]1Cc2cc(OCCCCCCCCNN=N)c(O)cc2-c2cc(=O)c(C(=O)ON)cn21. The number of fused-ring (bicyclic) bond motifs is 3. The molecule has 1 aliphatic heterocycles. The average Bonchev–Trinajstić information content (AvgIpc) is 2.83. The molecular formula is C26H37N5O5. The first-order chi connectivity index (χ1) is 17.2. The highest BCUT2D eigenvalue weighted by atomic mass is 16.7. The van der Waals surface area contributed by atoms with E-state index >= 15 is 0 Å². The first-order valence-electron chi connectivity index (χ1n) is 12.4. The maximum Gasteiger partial charge on any atom is 0.362 e. The molecule has 0 amide bonds. The second kappa shape index (κ2) is 12.0. The van der Waals surface area contributed by atoms with Crippen LogP contribution in [0.5, 0.6) is 11.5 Å². The molecule has 10 heteroatoms. The highest BCUT2D eigenvalue weighted by molar-refractivity contribution is 5.89. The fourth-order valence-corrected chi connectivity index (χ4v) is 4.65. The molecule has 0 bridgehead atoms. The molecule has 2 heterocycles. The molecule has 0 saturated carbocycles. The van der Waals surface area contributed by atoms with Gasteiger partial charge in [0.05, 0.1) is 12.3 Å². The predicted molar refractivity (Wildman–Crippen MR) is 136 cm³/mol. The van der Waals surface area contributed by atoms with E-state index in [1.54, 1.807) is 6.07 Å². The normalized spacial score (nSPS) is 14.5. The number of nitrogens with one attached hydrogen (secondary N) is 2. The zero-order chi connectivity index (χ0) is 26.3. The van der Waals surface area contributed by atoms with Crippen LogP contribution in [0.4, 0.5) is 0 Å². The summed E-state index contributed by atoms with van der Waals surface area (Å²) < 4.78 is 7.83. The van der Waals surface area contributed by atoms with E-state index in [-0.39, 0.29) is 22.8 Å². The first-order valence-corrected chi connectivity index (χ1v) is 12.4. The van der Waals surface area contributed by atoms with Crippen LogP contribution in [0, 0.1) is 10.9 Å². The minimum atomic E-state index is -0.877. The Balaban J connectivity index is 1.73. The molecule has 0 fully saturated rings. The lowest BCUT2D eigenvalue weighted by molar-refractivity contribution is 0.0500. The summed E-state index contributed by atoms with van der Waals surface area (Å²) in [5.41, 5.74) is 10.9. The van der Waals surface area contributed by atoms with Crippen molar-refractivity contribution in [3.05, 3.63) is 45.7 Å². The number of nitrogens with zero attached hydrogens (tertiary/aromatic N) is 2. The number of carbonyl (C=O) groups is 1. The van der Waals surface area contributed by atoms with E-state index in [1.165, 1.54) is 12.3 Å². The van der Waals surface area contributed by atoms with Gasteiger partial charge < -0.3 is 19.2 Å². The summed E-state index contributed by atoms with van der Waals surface area (Å²) in [5, 5.41) is 13.8. The van der Waals surface area contributed by atoms with Crippen LogP contribution in [-0.2, 0) is 11.3 Å². The topological polar surface area (TPSA) is 152 Å². The van der Waals surface area contributed by atoms with Gasteiger partial charge in [0.1, 0.15) is 5.56 Å². The molecule has 2 aromatic rings. The second-order valence-corrected chi connectivity index (χ2v) is 10.3. The van der Waals surface area contributed by atoms with Gasteiger partial charge in [-0.15, -0.1) is 0 Å². The number of phenolic OH excluding ortho intramolecular Hbond substituents is 1. The number of benzene rings is 1. The van der Waals surface area contributed by atoms with E-state index in [2.05, 4.69) is 36.3 Å². The van der Waals surface area contributed by atoms with Crippen LogP contribution in [0.1, 0.15) is 81.3 Å². The molecule has 1 aromatic heterocycles. The summed E-state index contributed by atoms with van der Waals surface area (Å²) >= 11 is 0. The lowest BCUT2D eigenvalue weighted by Gasteiger charge is -2.39.